The summed E-state index contributed by atoms with van der Waals surface area (Å²) in [6.45, 7) is 4.43. The molecule has 0 aromatic carbocycles. The minimum atomic E-state index is -0.561. The average molecular weight is 156 g/mol. The number of aliphatic imine (C=N–C) groups is 1. The van der Waals surface area contributed by atoms with Crippen LogP contribution in [-0.2, 0) is 0 Å². The zero-order valence-corrected chi connectivity index (χ0v) is 6.86. The first-order valence-electron chi connectivity index (χ1n) is 3.75. The third kappa shape index (κ3) is 1.94. The number of β-amino-alcohol motifs (C(OH)–C–C–N with tert-alkyl or cyclic N) is 1. The molecule has 0 fully saturated rings. The maximum absolute atomic E-state index is 9.20. The number of hydrogen-bond acceptors (Lipinski definition) is 4. The van der Waals surface area contributed by atoms with Crippen LogP contribution in [0, 0.1) is 0 Å². The molecule has 2 N–H and O–H groups in total. The standard InChI is InChI=1S/C6H13BN2O2/c1-5-8-3-6(10)4-9(5)7(2)11/h6,10-11H,3-4H2,1-2H3. The van der Waals surface area contributed by atoms with Gasteiger partial charge in [-0.25, -0.2) is 0 Å². The van der Waals surface area contributed by atoms with Crippen molar-refractivity contribution in [2.75, 3.05) is 13.1 Å². The van der Waals surface area contributed by atoms with Crippen LogP contribution < -0.4 is 0 Å². The highest BCUT2D eigenvalue weighted by Crippen LogP contribution is 2.04. The van der Waals surface area contributed by atoms with Crippen molar-refractivity contribution in [3.05, 3.63) is 0 Å². The topological polar surface area (TPSA) is 56.1 Å². The molecule has 0 bridgehead atoms. The van der Waals surface area contributed by atoms with Crippen LogP contribution >= 0.6 is 0 Å². The summed E-state index contributed by atoms with van der Waals surface area (Å²) < 4.78 is 0. The van der Waals surface area contributed by atoms with Gasteiger partial charge in [0.2, 0.25) is 0 Å². The molecule has 1 aliphatic heterocycles. The fourth-order valence-corrected chi connectivity index (χ4v) is 1.17. The van der Waals surface area contributed by atoms with E-state index in [2.05, 4.69) is 4.99 Å². The van der Waals surface area contributed by atoms with E-state index in [0.29, 0.717) is 13.1 Å². The van der Waals surface area contributed by atoms with Gasteiger partial charge in [0.25, 0.3) is 0 Å². The molecule has 0 aromatic rings. The molecule has 1 atom stereocenters. The van der Waals surface area contributed by atoms with Crippen LogP contribution in [0.25, 0.3) is 0 Å². The van der Waals surface area contributed by atoms with Gasteiger partial charge in [0, 0.05) is 6.54 Å². The highest BCUT2D eigenvalue weighted by molar-refractivity contribution is 6.49. The minimum absolute atomic E-state index is 0.437. The second kappa shape index (κ2) is 3.23. The van der Waals surface area contributed by atoms with Gasteiger partial charge in [-0.3, -0.25) is 4.99 Å². The van der Waals surface area contributed by atoms with Gasteiger partial charge in [-0.15, -0.1) is 0 Å². The van der Waals surface area contributed by atoms with Crippen LogP contribution in [0.5, 0.6) is 0 Å². The van der Waals surface area contributed by atoms with Crippen LogP contribution in [0.1, 0.15) is 6.92 Å². The van der Waals surface area contributed by atoms with Gasteiger partial charge in [-0.05, 0) is 13.7 Å². The molecule has 1 heterocycles. The Bertz CT molecular complexity index is 172. The predicted octanol–water partition coefficient (Wildman–Crippen LogP) is -0.808. The lowest BCUT2D eigenvalue weighted by atomic mass is 9.84. The van der Waals surface area contributed by atoms with Crippen molar-refractivity contribution in [2.45, 2.75) is 19.9 Å². The highest BCUT2D eigenvalue weighted by Gasteiger charge is 2.23. The molecule has 62 valence electrons. The van der Waals surface area contributed by atoms with Gasteiger partial charge in [-0.2, -0.15) is 0 Å². The molecule has 11 heavy (non-hydrogen) atoms. The first kappa shape index (κ1) is 8.55. The minimum Gasteiger partial charge on any atom is -0.432 e. The maximum Gasteiger partial charge on any atom is 0.410 e. The third-order valence-electron chi connectivity index (χ3n) is 1.81. The van der Waals surface area contributed by atoms with E-state index in [-0.39, 0.29) is 0 Å². The molecule has 1 rings (SSSR count). The SMILES string of the molecule is CB(O)N1CC(O)CN=C1C. The second-order valence-electron chi connectivity index (χ2n) is 2.83. The number of aliphatic hydroxyl groups excluding tert-OH is 1. The van der Waals surface area contributed by atoms with Crippen LogP contribution in [0.3, 0.4) is 0 Å². The first-order chi connectivity index (χ1) is 5.11. The molecule has 0 amide bonds. The molecule has 0 aromatic heterocycles. The number of amidine groups is 1. The highest BCUT2D eigenvalue weighted by atomic mass is 16.3. The van der Waals surface area contributed by atoms with Crippen LogP contribution in [-0.4, -0.2) is 47.0 Å². The summed E-state index contributed by atoms with van der Waals surface area (Å²) in [5.41, 5.74) is 0. The van der Waals surface area contributed by atoms with Crippen molar-refractivity contribution in [3.8, 4) is 0 Å². The Morgan fingerprint density at radius 1 is 1.73 bits per heavy atom. The normalized spacial score (nSPS) is 24.9. The van der Waals surface area contributed by atoms with E-state index in [9.17, 15) is 10.1 Å². The van der Waals surface area contributed by atoms with Crippen molar-refractivity contribution >= 4 is 12.9 Å². The Morgan fingerprint density at radius 2 is 2.36 bits per heavy atom. The molecule has 1 unspecified atom stereocenters. The number of nitrogens with zero attached hydrogens (tertiary/aromatic N) is 2. The summed E-state index contributed by atoms with van der Waals surface area (Å²) >= 11 is 0. The van der Waals surface area contributed by atoms with Gasteiger partial charge >= 0.3 is 7.05 Å². The van der Waals surface area contributed by atoms with Crippen LogP contribution in [0.2, 0.25) is 6.82 Å². The van der Waals surface area contributed by atoms with Crippen LogP contribution in [0.4, 0.5) is 0 Å². The lowest BCUT2D eigenvalue weighted by molar-refractivity contribution is 0.157. The van der Waals surface area contributed by atoms with E-state index in [1.807, 2.05) is 6.92 Å². The summed E-state index contributed by atoms with van der Waals surface area (Å²) in [5, 5.41) is 18.4. The molecule has 0 spiro atoms. The Kier molecular flexibility index (Phi) is 2.51. The Balaban J connectivity index is 2.64. The summed E-state index contributed by atoms with van der Waals surface area (Å²) in [7, 11) is -0.561. The Morgan fingerprint density at radius 3 is 2.82 bits per heavy atom. The lowest BCUT2D eigenvalue weighted by Gasteiger charge is -2.31. The molecule has 0 saturated heterocycles. The van der Waals surface area contributed by atoms with Gasteiger partial charge in [0.15, 0.2) is 0 Å². The quantitative estimate of drug-likeness (QED) is 0.488. The predicted molar refractivity (Wildman–Crippen MR) is 44.5 cm³/mol. The smallest absolute Gasteiger partial charge is 0.410 e. The van der Waals surface area contributed by atoms with E-state index < -0.39 is 13.2 Å². The molecular formula is C6H13BN2O2. The van der Waals surface area contributed by atoms with E-state index in [4.69, 9.17) is 0 Å². The number of hydrogen-bond donors (Lipinski definition) is 2. The Hall–Kier alpha value is -0.545. The van der Waals surface area contributed by atoms with Gasteiger partial charge in [-0.1, -0.05) is 0 Å². The molecule has 0 radical (unpaired) electrons. The summed E-state index contributed by atoms with van der Waals surface area (Å²) in [4.78, 5) is 5.72. The van der Waals surface area contributed by atoms with Crippen molar-refractivity contribution in [1.29, 1.82) is 0 Å². The second-order valence-corrected chi connectivity index (χ2v) is 2.83. The average Bonchev–Trinajstić information content (AvgIpc) is 1.94. The van der Waals surface area contributed by atoms with Gasteiger partial charge < -0.3 is 14.9 Å². The zero-order valence-electron chi connectivity index (χ0n) is 6.86. The van der Waals surface area contributed by atoms with Crippen molar-refractivity contribution in [2.24, 2.45) is 4.99 Å². The van der Waals surface area contributed by atoms with E-state index in [0.717, 1.165) is 5.84 Å². The van der Waals surface area contributed by atoms with E-state index >= 15 is 0 Å². The summed E-state index contributed by atoms with van der Waals surface area (Å²) in [5.74, 6) is 0.797. The van der Waals surface area contributed by atoms with Gasteiger partial charge in [0.1, 0.15) is 0 Å². The Labute approximate surface area is 66.7 Å². The zero-order chi connectivity index (χ0) is 8.43. The van der Waals surface area contributed by atoms with Gasteiger partial charge in [0.05, 0.1) is 18.5 Å². The fraction of sp³-hybridized carbons (Fsp3) is 0.833. The lowest BCUT2D eigenvalue weighted by Crippen LogP contribution is -2.48. The van der Waals surface area contributed by atoms with Crippen LogP contribution in [0.15, 0.2) is 4.99 Å². The molecule has 1 aliphatic rings. The fourth-order valence-electron chi connectivity index (χ4n) is 1.17. The first-order valence-corrected chi connectivity index (χ1v) is 3.75. The summed E-state index contributed by atoms with van der Waals surface area (Å²) in [6, 6.07) is 0. The molecular weight excluding hydrogens is 143 g/mol. The summed E-state index contributed by atoms with van der Waals surface area (Å²) in [6.07, 6.45) is -0.437. The number of aliphatic hydroxyl groups is 1. The van der Waals surface area contributed by atoms with E-state index in [1.54, 1.807) is 11.6 Å². The van der Waals surface area contributed by atoms with E-state index in [1.165, 1.54) is 0 Å². The largest absolute Gasteiger partial charge is 0.432 e. The van der Waals surface area contributed by atoms with Crippen molar-refractivity contribution < 1.29 is 10.1 Å². The molecule has 0 saturated carbocycles. The molecule has 0 aliphatic carbocycles. The number of rotatable bonds is 1. The monoisotopic (exact) mass is 156 g/mol. The van der Waals surface area contributed by atoms with Crippen molar-refractivity contribution in [1.82, 2.24) is 4.81 Å². The van der Waals surface area contributed by atoms with Crippen molar-refractivity contribution in [3.63, 3.8) is 0 Å². The molecule has 5 heteroatoms. The third-order valence-corrected chi connectivity index (χ3v) is 1.81. The maximum atomic E-state index is 9.20. The molecule has 4 nitrogen and oxygen atoms in total.